The SMILES string of the molecule is Cc1cc(C)cc(OCc2nc(CCN(C)C(=O)c3cccc(C)c3)no2)c1. The number of rotatable bonds is 7. The van der Waals surface area contributed by atoms with E-state index < -0.39 is 0 Å². The molecule has 0 radical (unpaired) electrons. The van der Waals surface area contributed by atoms with Crippen molar-refractivity contribution >= 4 is 5.91 Å². The van der Waals surface area contributed by atoms with E-state index in [2.05, 4.69) is 16.2 Å². The first-order valence-electron chi connectivity index (χ1n) is 9.25. The normalized spacial score (nSPS) is 10.7. The summed E-state index contributed by atoms with van der Waals surface area (Å²) in [5, 5.41) is 3.98. The molecule has 0 N–H and O–H groups in total. The number of aryl methyl sites for hydroxylation is 3. The Morgan fingerprint density at radius 1 is 1.07 bits per heavy atom. The maximum absolute atomic E-state index is 12.5. The van der Waals surface area contributed by atoms with Crippen LogP contribution in [-0.4, -0.2) is 34.5 Å². The number of nitrogens with zero attached hydrogens (tertiary/aromatic N) is 3. The van der Waals surface area contributed by atoms with E-state index in [0.717, 1.165) is 22.4 Å². The van der Waals surface area contributed by atoms with Gasteiger partial charge in [-0.1, -0.05) is 28.9 Å². The third kappa shape index (κ3) is 5.19. The summed E-state index contributed by atoms with van der Waals surface area (Å²) in [6.07, 6.45) is 0.515. The maximum atomic E-state index is 12.5. The van der Waals surface area contributed by atoms with Gasteiger partial charge < -0.3 is 14.2 Å². The highest BCUT2D eigenvalue weighted by molar-refractivity contribution is 5.94. The Bertz CT molecular complexity index is 945. The second-order valence-electron chi connectivity index (χ2n) is 7.06. The smallest absolute Gasteiger partial charge is 0.264 e. The molecule has 1 amide bonds. The molecule has 6 heteroatoms. The Kier molecular flexibility index (Phi) is 6.09. The van der Waals surface area contributed by atoms with E-state index >= 15 is 0 Å². The van der Waals surface area contributed by atoms with Gasteiger partial charge in [-0.25, -0.2) is 0 Å². The van der Waals surface area contributed by atoms with Crippen LogP contribution in [0.25, 0.3) is 0 Å². The molecule has 2 aromatic carbocycles. The lowest BCUT2D eigenvalue weighted by molar-refractivity contribution is 0.0795. The largest absolute Gasteiger partial charge is 0.484 e. The van der Waals surface area contributed by atoms with Crippen LogP contribution < -0.4 is 4.74 Å². The van der Waals surface area contributed by atoms with Crippen LogP contribution in [0.5, 0.6) is 5.75 Å². The molecule has 146 valence electrons. The topological polar surface area (TPSA) is 68.5 Å². The van der Waals surface area contributed by atoms with Gasteiger partial charge in [-0.05, 0) is 56.2 Å². The van der Waals surface area contributed by atoms with Gasteiger partial charge in [0, 0.05) is 25.6 Å². The molecule has 28 heavy (non-hydrogen) atoms. The van der Waals surface area contributed by atoms with Crippen molar-refractivity contribution in [2.45, 2.75) is 33.8 Å². The summed E-state index contributed by atoms with van der Waals surface area (Å²) < 4.78 is 11.0. The molecule has 0 aliphatic carbocycles. The Hall–Kier alpha value is -3.15. The molecule has 3 rings (SSSR count). The zero-order chi connectivity index (χ0) is 20.1. The van der Waals surface area contributed by atoms with E-state index in [1.54, 1.807) is 11.9 Å². The average Bonchev–Trinajstić information content (AvgIpc) is 3.11. The fourth-order valence-corrected chi connectivity index (χ4v) is 2.98. The summed E-state index contributed by atoms with van der Waals surface area (Å²) >= 11 is 0. The monoisotopic (exact) mass is 379 g/mol. The molecule has 3 aromatic rings. The van der Waals surface area contributed by atoms with Crippen LogP contribution in [0.15, 0.2) is 47.0 Å². The molecule has 0 aliphatic rings. The molecule has 1 aromatic heterocycles. The first-order valence-corrected chi connectivity index (χ1v) is 9.25. The summed E-state index contributed by atoms with van der Waals surface area (Å²) in [6.45, 7) is 6.74. The summed E-state index contributed by atoms with van der Waals surface area (Å²) in [6, 6.07) is 13.6. The molecule has 0 unspecified atom stereocenters. The lowest BCUT2D eigenvalue weighted by atomic mass is 10.1. The Morgan fingerprint density at radius 3 is 2.54 bits per heavy atom. The minimum Gasteiger partial charge on any atom is -0.484 e. The minimum absolute atomic E-state index is 0.0226. The standard InChI is InChI=1S/C22H25N3O3/c1-15-6-5-7-18(11-15)22(26)25(4)9-8-20-23-21(28-24-20)14-27-19-12-16(2)10-17(3)13-19/h5-7,10-13H,8-9,14H2,1-4H3. The van der Waals surface area contributed by atoms with E-state index in [1.165, 1.54) is 0 Å². The van der Waals surface area contributed by atoms with Crippen LogP contribution in [0.4, 0.5) is 0 Å². The van der Waals surface area contributed by atoms with Crippen molar-refractivity contribution in [2.75, 3.05) is 13.6 Å². The van der Waals surface area contributed by atoms with Gasteiger partial charge in [0.2, 0.25) is 0 Å². The zero-order valence-electron chi connectivity index (χ0n) is 16.7. The van der Waals surface area contributed by atoms with E-state index in [4.69, 9.17) is 9.26 Å². The van der Waals surface area contributed by atoms with Crippen molar-refractivity contribution in [3.8, 4) is 5.75 Å². The molecule has 0 atom stereocenters. The van der Waals surface area contributed by atoms with E-state index in [1.807, 2.05) is 57.2 Å². The number of amides is 1. The highest BCUT2D eigenvalue weighted by Gasteiger charge is 2.14. The highest BCUT2D eigenvalue weighted by Crippen LogP contribution is 2.17. The molecule has 0 aliphatic heterocycles. The van der Waals surface area contributed by atoms with Gasteiger partial charge in [-0.15, -0.1) is 0 Å². The van der Waals surface area contributed by atoms with E-state index in [-0.39, 0.29) is 12.5 Å². The third-order valence-electron chi connectivity index (χ3n) is 4.35. The quantitative estimate of drug-likeness (QED) is 0.623. The van der Waals surface area contributed by atoms with Gasteiger partial charge in [0.05, 0.1) is 0 Å². The summed E-state index contributed by atoms with van der Waals surface area (Å²) in [5.41, 5.74) is 4.02. The van der Waals surface area contributed by atoms with Gasteiger partial charge >= 0.3 is 0 Å². The van der Waals surface area contributed by atoms with Gasteiger partial charge in [0.1, 0.15) is 5.75 Å². The second-order valence-corrected chi connectivity index (χ2v) is 7.06. The number of benzene rings is 2. The third-order valence-corrected chi connectivity index (χ3v) is 4.35. The number of hydrogen-bond donors (Lipinski definition) is 0. The van der Waals surface area contributed by atoms with Crippen molar-refractivity contribution in [2.24, 2.45) is 0 Å². The molecular formula is C22H25N3O3. The highest BCUT2D eigenvalue weighted by atomic mass is 16.5. The average molecular weight is 379 g/mol. The summed E-state index contributed by atoms with van der Waals surface area (Å²) in [4.78, 5) is 18.5. The molecule has 0 bridgehead atoms. The predicted octanol–water partition coefficient (Wildman–Crippen LogP) is 3.89. The van der Waals surface area contributed by atoms with Crippen molar-refractivity contribution < 1.29 is 14.1 Å². The molecule has 1 heterocycles. The number of likely N-dealkylation sites (N-methyl/N-ethyl adjacent to an activating group) is 1. The number of aromatic nitrogens is 2. The Morgan fingerprint density at radius 2 is 1.82 bits per heavy atom. The number of carbonyl (C=O) groups is 1. The first kappa shape index (κ1) is 19.6. The van der Waals surface area contributed by atoms with Crippen LogP contribution in [0, 0.1) is 20.8 Å². The van der Waals surface area contributed by atoms with Gasteiger partial charge in [0.25, 0.3) is 11.8 Å². The van der Waals surface area contributed by atoms with Crippen LogP contribution in [0.3, 0.4) is 0 Å². The van der Waals surface area contributed by atoms with Crippen molar-refractivity contribution in [3.05, 3.63) is 76.4 Å². The summed E-state index contributed by atoms with van der Waals surface area (Å²) in [7, 11) is 1.77. The molecule has 0 saturated heterocycles. The zero-order valence-corrected chi connectivity index (χ0v) is 16.7. The summed E-state index contributed by atoms with van der Waals surface area (Å²) in [5.74, 6) is 1.73. The molecule has 0 saturated carbocycles. The fraction of sp³-hybridized carbons (Fsp3) is 0.318. The van der Waals surface area contributed by atoms with Crippen molar-refractivity contribution in [1.29, 1.82) is 0 Å². The minimum atomic E-state index is -0.0226. The predicted molar refractivity (Wildman–Crippen MR) is 106 cm³/mol. The molecular weight excluding hydrogens is 354 g/mol. The Balaban J connectivity index is 1.52. The van der Waals surface area contributed by atoms with Crippen LogP contribution in [0.2, 0.25) is 0 Å². The molecule has 0 spiro atoms. The van der Waals surface area contributed by atoms with Crippen LogP contribution >= 0.6 is 0 Å². The maximum Gasteiger partial charge on any atom is 0.264 e. The van der Waals surface area contributed by atoms with Crippen LogP contribution in [0.1, 0.15) is 38.8 Å². The number of hydrogen-bond acceptors (Lipinski definition) is 5. The van der Waals surface area contributed by atoms with Gasteiger partial charge in [-0.3, -0.25) is 4.79 Å². The first-order chi connectivity index (χ1) is 13.4. The Labute approximate surface area is 165 Å². The lowest BCUT2D eigenvalue weighted by Gasteiger charge is -2.16. The molecule has 6 nitrogen and oxygen atoms in total. The lowest BCUT2D eigenvalue weighted by Crippen LogP contribution is -2.29. The van der Waals surface area contributed by atoms with Crippen LogP contribution in [-0.2, 0) is 13.0 Å². The fourth-order valence-electron chi connectivity index (χ4n) is 2.98. The van der Waals surface area contributed by atoms with E-state index in [0.29, 0.717) is 30.2 Å². The number of ether oxygens (including phenoxy) is 1. The van der Waals surface area contributed by atoms with Gasteiger partial charge in [0.15, 0.2) is 12.4 Å². The van der Waals surface area contributed by atoms with Crippen molar-refractivity contribution in [3.63, 3.8) is 0 Å². The number of carbonyl (C=O) groups excluding carboxylic acids is 1. The van der Waals surface area contributed by atoms with Gasteiger partial charge in [-0.2, -0.15) is 4.98 Å². The second kappa shape index (κ2) is 8.69. The molecule has 0 fully saturated rings. The van der Waals surface area contributed by atoms with E-state index in [9.17, 15) is 4.79 Å². The van der Waals surface area contributed by atoms with Crippen molar-refractivity contribution in [1.82, 2.24) is 15.0 Å².